The van der Waals surface area contributed by atoms with Gasteiger partial charge < -0.3 is 15.1 Å². The van der Waals surface area contributed by atoms with Crippen molar-refractivity contribution < 1.29 is 4.42 Å². The predicted molar refractivity (Wildman–Crippen MR) is 111 cm³/mol. The molecular weight excluding hydrogens is 360 g/mol. The van der Waals surface area contributed by atoms with Gasteiger partial charge in [-0.3, -0.25) is 5.32 Å². The quantitative estimate of drug-likeness (QED) is 0.421. The molecule has 3 N–H and O–H groups in total. The third kappa shape index (κ3) is 6.32. The van der Waals surface area contributed by atoms with Crippen molar-refractivity contribution in [2.75, 3.05) is 5.32 Å². The van der Waals surface area contributed by atoms with Crippen LogP contribution in [0.2, 0.25) is 0 Å². The Labute approximate surface area is 165 Å². The van der Waals surface area contributed by atoms with Gasteiger partial charge in [-0.2, -0.15) is 0 Å². The lowest BCUT2D eigenvalue weighted by atomic mass is 9.96. The van der Waals surface area contributed by atoms with E-state index in [1.54, 1.807) is 6.26 Å². The number of hydrogen-bond acceptors (Lipinski definition) is 5. The third-order valence-electron chi connectivity index (χ3n) is 4.33. The molecular formula is C19H26N6OS. The van der Waals surface area contributed by atoms with Crippen LogP contribution in [0.15, 0.2) is 33.9 Å². The van der Waals surface area contributed by atoms with E-state index in [1.165, 1.54) is 19.3 Å². The molecule has 27 heavy (non-hydrogen) atoms. The summed E-state index contributed by atoms with van der Waals surface area (Å²) in [6.45, 7) is 4.40. The van der Waals surface area contributed by atoms with Crippen LogP contribution >= 0.6 is 12.2 Å². The molecule has 0 spiro atoms. The van der Waals surface area contributed by atoms with E-state index in [1.807, 2.05) is 32.0 Å². The fourth-order valence-electron chi connectivity index (χ4n) is 3.11. The van der Waals surface area contributed by atoms with Crippen LogP contribution in [0.4, 0.5) is 5.95 Å². The van der Waals surface area contributed by atoms with E-state index in [4.69, 9.17) is 21.6 Å². The summed E-state index contributed by atoms with van der Waals surface area (Å²) in [7, 11) is 0. The molecule has 0 aliphatic heterocycles. The fraction of sp³-hybridized carbons (Fsp3) is 0.474. The Balaban J connectivity index is 1.68. The van der Waals surface area contributed by atoms with E-state index in [-0.39, 0.29) is 6.04 Å². The molecule has 2 heterocycles. The SMILES string of the molecule is Cc1cc(C)nc(NC(=NC2CCCCC2)NC(=S)NCc2ccco2)n1. The van der Waals surface area contributed by atoms with Crippen LogP contribution in [0.1, 0.15) is 49.3 Å². The minimum absolute atomic E-state index is 0.285. The molecule has 0 amide bonds. The molecule has 0 radical (unpaired) electrons. The summed E-state index contributed by atoms with van der Waals surface area (Å²) in [4.78, 5) is 13.7. The summed E-state index contributed by atoms with van der Waals surface area (Å²) in [5.41, 5.74) is 1.81. The standard InChI is InChI=1S/C19H26N6OS/c1-13-11-14(2)22-17(21-13)24-18(23-15-7-4-3-5-8-15)25-19(27)20-12-16-9-6-10-26-16/h6,9-11,15H,3-5,7-8,12H2,1-2H3,(H3,20,21,22,23,24,25,27). The molecule has 0 unspecified atom stereocenters. The number of guanidine groups is 1. The zero-order chi connectivity index (χ0) is 19.1. The second-order valence-electron chi connectivity index (χ2n) is 6.76. The van der Waals surface area contributed by atoms with Gasteiger partial charge in [-0.05, 0) is 57.1 Å². The zero-order valence-corrected chi connectivity index (χ0v) is 16.6. The monoisotopic (exact) mass is 386 g/mol. The van der Waals surface area contributed by atoms with Crippen LogP contribution in [-0.4, -0.2) is 27.1 Å². The normalized spacial score (nSPS) is 15.4. The number of nitrogens with zero attached hydrogens (tertiary/aromatic N) is 3. The van der Waals surface area contributed by atoms with Gasteiger partial charge in [0.05, 0.1) is 18.8 Å². The molecule has 2 aromatic heterocycles. The highest BCUT2D eigenvalue weighted by molar-refractivity contribution is 7.80. The summed E-state index contributed by atoms with van der Waals surface area (Å²) in [5.74, 6) is 1.91. The number of thiocarbonyl (C=S) groups is 1. The van der Waals surface area contributed by atoms with Crippen LogP contribution in [0.3, 0.4) is 0 Å². The third-order valence-corrected chi connectivity index (χ3v) is 4.58. The van der Waals surface area contributed by atoms with Gasteiger partial charge >= 0.3 is 0 Å². The highest BCUT2D eigenvalue weighted by atomic mass is 32.1. The highest BCUT2D eigenvalue weighted by Crippen LogP contribution is 2.20. The molecule has 0 bridgehead atoms. The second kappa shape index (κ2) is 9.45. The molecule has 0 atom stereocenters. The Morgan fingerprint density at radius 3 is 2.63 bits per heavy atom. The van der Waals surface area contributed by atoms with Gasteiger partial charge in [0, 0.05) is 11.4 Å². The zero-order valence-electron chi connectivity index (χ0n) is 15.8. The number of furan rings is 1. The lowest BCUT2D eigenvalue weighted by molar-refractivity contribution is 0.443. The first kappa shape index (κ1) is 19.3. The Kier molecular flexibility index (Phi) is 6.75. The molecule has 0 aromatic carbocycles. The van der Waals surface area contributed by atoms with Crippen LogP contribution in [0.25, 0.3) is 0 Å². The molecule has 8 heteroatoms. The first-order valence-electron chi connectivity index (χ1n) is 9.33. The first-order valence-corrected chi connectivity index (χ1v) is 9.73. The van der Waals surface area contributed by atoms with Crippen molar-refractivity contribution in [2.24, 2.45) is 4.99 Å². The Morgan fingerprint density at radius 2 is 1.96 bits per heavy atom. The number of aliphatic imine (C=N–C) groups is 1. The first-order chi connectivity index (χ1) is 13.1. The minimum Gasteiger partial charge on any atom is -0.467 e. The lowest BCUT2D eigenvalue weighted by Gasteiger charge is -2.20. The van der Waals surface area contributed by atoms with Crippen molar-refractivity contribution >= 4 is 29.2 Å². The van der Waals surface area contributed by atoms with Crippen molar-refractivity contribution in [3.05, 3.63) is 41.6 Å². The van der Waals surface area contributed by atoms with Crippen LogP contribution < -0.4 is 16.0 Å². The van der Waals surface area contributed by atoms with Crippen molar-refractivity contribution in [3.63, 3.8) is 0 Å². The average Bonchev–Trinajstić information content (AvgIpc) is 3.13. The second-order valence-corrected chi connectivity index (χ2v) is 7.16. The van der Waals surface area contributed by atoms with Crippen LogP contribution in [0.5, 0.6) is 0 Å². The van der Waals surface area contributed by atoms with E-state index < -0.39 is 0 Å². The Morgan fingerprint density at radius 1 is 1.22 bits per heavy atom. The van der Waals surface area contributed by atoms with E-state index in [0.717, 1.165) is 30.0 Å². The van der Waals surface area contributed by atoms with Crippen molar-refractivity contribution in [1.29, 1.82) is 0 Å². The van der Waals surface area contributed by atoms with Gasteiger partial charge in [0.25, 0.3) is 0 Å². The smallest absolute Gasteiger partial charge is 0.229 e. The van der Waals surface area contributed by atoms with Gasteiger partial charge in [-0.1, -0.05) is 19.3 Å². The van der Waals surface area contributed by atoms with E-state index >= 15 is 0 Å². The number of hydrogen-bond donors (Lipinski definition) is 3. The maximum atomic E-state index is 5.41. The Bertz CT molecular complexity index is 763. The summed E-state index contributed by atoms with van der Waals surface area (Å²) in [5, 5.41) is 9.95. The number of nitrogens with one attached hydrogen (secondary N) is 3. The summed E-state index contributed by atoms with van der Waals surface area (Å²) < 4.78 is 5.32. The van der Waals surface area contributed by atoms with Gasteiger partial charge in [0.1, 0.15) is 5.76 Å². The minimum atomic E-state index is 0.285. The van der Waals surface area contributed by atoms with Gasteiger partial charge in [-0.25, -0.2) is 15.0 Å². The predicted octanol–water partition coefficient (Wildman–Crippen LogP) is 3.45. The van der Waals surface area contributed by atoms with Crippen molar-refractivity contribution in [3.8, 4) is 0 Å². The number of aromatic nitrogens is 2. The molecule has 1 saturated carbocycles. The highest BCUT2D eigenvalue weighted by Gasteiger charge is 2.15. The molecule has 1 aliphatic rings. The van der Waals surface area contributed by atoms with E-state index in [9.17, 15) is 0 Å². The topological polar surface area (TPSA) is 87.4 Å². The average molecular weight is 387 g/mol. The van der Waals surface area contributed by atoms with Crippen LogP contribution in [-0.2, 0) is 6.54 Å². The molecule has 1 fully saturated rings. The number of aryl methyl sites for hydroxylation is 2. The molecule has 2 aromatic rings. The Hall–Kier alpha value is -2.48. The molecule has 3 rings (SSSR count). The maximum absolute atomic E-state index is 5.41. The lowest BCUT2D eigenvalue weighted by Crippen LogP contribution is -2.43. The number of rotatable bonds is 4. The van der Waals surface area contributed by atoms with Crippen molar-refractivity contribution in [1.82, 2.24) is 20.6 Å². The molecule has 7 nitrogen and oxygen atoms in total. The van der Waals surface area contributed by atoms with E-state index in [2.05, 4.69) is 25.9 Å². The largest absolute Gasteiger partial charge is 0.467 e. The number of anilines is 1. The summed E-state index contributed by atoms with van der Waals surface area (Å²) in [6, 6.07) is 5.97. The van der Waals surface area contributed by atoms with E-state index in [0.29, 0.717) is 23.6 Å². The van der Waals surface area contributed by atoms with Gasteiger partial charge in [-0.15, -0.1) is 0 Å². The summed E-state index contributed by atoms with van der Waals surface area (Å²) in [6.07, 6.45) is 7.53. The molecule has 1 aliphatic carbocycles. The van der Waals surface area contributed by atoms with Crippen molar-refractivity contribution in [2.45, 2.75) is 58.5 Å². The van der Waals surface area contributed by atoms with Gasteiger partial charge in [0.15, 0.2) is 5.11 Å². The fourth-order valence-corrected chi connectivity index (χ4v) is 3.28. The van der Waals surface area contributed by atoms with Crippen LogP contribution in [0, 0.1) is 13.8 Å². The molecule has 144 valence electrons. The van der Waals surface area contributed by atoms with Gasteiger partial charge in [0.2, 0.25) is 11.9 Å². The maximum Gasteiger partial charge on any atom is 0.229 e. The molecule has 0 saturated heterocycles. The summed E-state index contributed by atoms with van der Waals surface area (Å²) >= 11 is 5.41.